The fraction of sp³-hybridized carbons (Fsp3) is 0.400. The molecule has 7 heteroatoms. The van der Waals surface area contributed by atoms with E-state index >= 15 is 0 Å². The highest BCUT2D eigenvalue weighted by molar-refractivity contribution is 7.84. The third kappa shape index (κ3) is 4.03. The second-order valence-corrected chi connectivity index (χ2v) is 5.29. The van der Waals surface area contributed by atoms with Crippen LogP contribution in [-0.4, -0.2) is 33.2 Å². The van der Waals surface area contributed by atoms with E-state index < -0.39 is 16.7 Å². The number of aromatic nitrogens is 1. The average Bonchev–Trinajstić information content (AvgIpc) is 2.19. The number of nitrogen functional groups attached to an aromatic ring is 1. The van der Waals surface area contributed by atoms with Crippen LogP contribution < -0.4 is 16.8 Å². The van der Waals surface area contributed by atoms with Crippen LogP contribution in [0.1, 0.15) is 17.3 Å². The summed E-state index contributed by atoms with van der Waals surface area (Å²) in [5.74, 6) is 0.228. The minimum Gasteiger partial charge on any atom is -0.397 e. The van der Waals surface area contributed by atoms with E-state index in [0.29, 0.717) is 17.3 Å². The molecule has 0 aliphatic rings. The number of anilines is 2. The molecule has 0 fully saturated rings. The molecule has 1 rings (SSSR count). The monoisotopic (exact) mass is 256 g/mol. The molecule has 0 spiro atoms. The number of nitrogens with zero attached hydrogens (tertiary/aromatic N) is 1. The molecule has 1 aromatic heterocycles. The van der Waals surface area contributed by atoms with Gasteiger partial charge in [0.15, 0.2) is 0 Å². The minimum absolute atomic E-state index is 0.0740. The lowest BCUT2D eigenvalue weighted by molar-refractivity contribution is 0.100. The molecule has 5 N–H and O–H groups in total. The van der Waals surface area contributed by atoms with E-state index in [9.17, 15) is 9.00 Å². The number of nitrogens with one attached hydrogen (secondary N) is 1. The molecule has 1 heterocycles. The van der Waals surface area contributed by atoms with Gasteiger partial charge < -0.3 is 16.8 Å². The number of hydrogen-bond acceptors (Lipinski definition) is 5. The second kappa shape index (κ2) is 5.62. The smallest absolute Gasteiger partial charge is 0.252 e. The highest BCUT2D eigenvalue weighted by Gasteiger charge is 2.13. The van der Waals surface area contributed by atoms with Crippen LogP contribution in [0.5, 0.6) is 0 Å². The Kier molecular flexibility index (Phi) is 4.45. The quantitative estimate of drug-likeness (QED) is 0.683. The van der Waals surface area contributed by atoms with Crippen molar-refractivity contribution < 1.29 is 9.00 Å². The maximum Gasteiger partial charge on any atom is 0.252 e. The number of hydrogen-bond donors (Lipinski definition) is 3. The van der Waals surface area contributed by atoms with Gasteiger partial charge in [-0.2, -0.15) is 0 Å². The first-order chi connectivity index (χ1) is 7.90. The lowest BCUT2D eigenvalue weighted by Crippen LogP contribution is -2.25. The van der Waals surface area contributed by atoms with E-state index in [0.717, 1.165) is 0 Å². The Morgan fingerprint density at radius 3 is 2.82 bits per heavy atom. The Morgan fingerprint density at radius 1 is 1.65 bits per heavy atom. The predicted octanol–water partition coefficient (Wildman–Crippen LogP) is -0.0584. The summed E-state index contributed by atoms with van der Waals surface area (Å²) in [6.07, 6.45) is 3.05. The Balaban J connectivity index is 2.90. The summed E-state index contributed by atoms with van der Waals surface area (Å²) in [5.41, 5.74) is 11.4. The summed E-state index contributed by atoms with van der Waals surface area (Å²) >= 11 is 0. The van der Waals surface area contributed by atoms with Gasteiger partial charge in [-0.3, -0.25) is 9.00 Å². The van der Waals surface area contributed by atoms with Gasteiger partial charge in [-0.1, -0.05) is 0 Å². The number of amides is 1. The van der Waals surface area contributed by atoms with Crippen LogP contribution >= 0.6 is 0 Å². The van der Waals surface area contributed by atoms with E-state index in [2.05, 4.69) is 10.3 Å². The van der Waals surface area contributed by atoms with Crippen LogP contribution in [-0.2, 0) is 10.8 Å². The second-order valence-electron chi connectivity index (χ2n) is 3.81. The van der Waals surface area contributed by atoms with Crippen molar-refractivity contribution in [1.29, 1.82) is 0 Å². The third-order valence-electron chi connectivity index (χ3n) is 2.04. The summed E-state index contributed by atoms with van der Waals surface area (Å²) < 4.78 is 11.1. The van der Waals surface area contributed by atoms with Gasteiger partial charge in [-0.25, -0.2) is 4.98 Å². The molecule has 2 unspecified atom stereocenters. The normalized spacial score (nSPS) is 14.0. The first kappa shape index (κ1) is 13.4. The van der Waals surface area contributed by atoms with Gasteiger partial charge in [0.25, 0.3) is 5.91 Å². The summed E-state index contributed by atoms with van der Waals surface area (Å²) in [7, 11) is -0.922. The highest BCUT2D eigenvalue weighted by Crippen LogP contribution is 2.15. The molecular formula is C10H16N4O2S. The molecule has 1 amide bonds. The van der Waals surface area contributed by atoms with Gasteiger partial charge in [-0.15, -0.1) is 0 Å². The molecule has 17 heavy (non-hydrogen) atoms. The maximum absolute atomic E-state index is 11.2. The van der Waals surface area contributed by atoms with Crippen LogP contribution in [0, 0.1) is 0 Å². The van der Waals surface area contributed by atoms with Crippen molar-refractivity contribution in [2.45, 2.75) is 13.0 Å². The van der Waals surface area contributed by atoms with Crippen LogP contribution in [0.2, 0.25) is 0 Å². The number of primary amides is 1. The predicted molar refractivity (Wildman–Crippen MR) is 69.2 cm³/mol. The SMILES string of the molecule is CC(CS(C)=O)Nc1ncc(N)cc1C(N)=O. The Bertz CT molecular complexity index is 450. The van der Waals surface area contributed by atoms with E-state index in [-0.39, 0.29) is 11.6 Å². The van der Waals surface area contributed by atoms with Crippen molar-refractivity contribution in [1.82, 2.24) is 4.98 Å². The Labute approximate surface area is 102 Å². The van der Waals surface area contributed by atoms with Gasteiger partial charge in [-0.05, 0) is 13.0 Å². The summed E-state index contributed by atoms with van der Waals surface area (Å²) in [5, 5.41) is 2.99. The first-order valence-electron chi connectivity index (χ1n) is 5.02. The Morgan fingerprint density at radius 2 is 2.29 bits per heavy atom. The van der Waals surface area contributed by atoms with E-state index in [4.69, 9.17) is 11.5 Å². The Hall–Kier alpha value is -1.63. The van der Waals surface area contributed by atoms with Crippen molar-refractivity contribution in [3.8, 4) is 0 Å². The molecule has 94 valence electrons. The molecule has 6 nitrogen and oxygen atoms in total. The van der Waals surface area contributed by atoms with Crippen LogP contribution in [0.4, 0.5) is 11.5 Å². The topological polar surface area (TPSA) is 111 Å². The molecule has 0 aliphatic heterocycles. The average molecular weight is 256 g/mol. The van der Waals surface area contributed by atoms with E-state index in [1.807, 2.05) is 6.92 Å². The van der Waals surface area contributed by atoms with E-state index in [1.54, 1.807) is 6.26 Å². The van der Waals surface area contributed by atoms with Crippen molar-refractivity contribution in [3.63, 3.8) is 0 Å². The van der Waals surface area contributed by atoms with Gasteiger partial charge in [0.1, 0.15) is 5.82 Å². The molecule has 0 radical (unpaired) electrons. The largest absolute Gasteiger partial charge is 0.397 e. The summed E-state index contributed by atoms with van der Waals surface area (Å²) in [6, 6.07) is 1.39. The third-order valence-corrected chi connectivity index (χ3v) is 3.01. The maximum atomic E-state index is 11.2. The molecule has 0 saturated carbocycles. The minimum atomic E-state index is -0.922. The molecule has 1 aromatic rings. The molecule has 0 saturated heterocycles. The summed E-state index contributed by atoms with van der Waals surface area (Å²) in [4.78, 5) is 15.2. The number of carbonyl (C=O) groups is 1. The van der Waals surface area contributed by atoms with Crippen molar-refractivity contribution in [3.05, 3.63) is 17.8 Å². The molecule has 2 atom stereocenters. The van der Waals surface area contributed by atoms with Gasteiger partial charge in [0, 0.05) is 28.9 Å². The zero-order valence-corrected chi connectivity index (χ0v) is 10.6. The van der Waals surface area contributed by atoms with Crippen molar-refractivity contribution >= 4 is 28.2 Å². The molecular weight excluding hydrogens is 240 g/mol. The highest BCUT2D eigenvalue weighted by atomic mass is 32.2. The molecule has 0 bridgehead atoms. The molecule has 0 aliphatic carbocycles. The summed E-state index contributed by atoms with van der Waals surface area (Å²) in [6.45, 7) is 1.85. The van der Waals surface area contributed by atoms with Crippen molar-refractivity contribution in [2.24, 2.45) is 5.73 Å². The first-order valence-corrected chi connectivity index (χ1v) is 6.74. The fourth-order valence-corrected chi connectivity index (χ4v) is 2.20. The lowest BCUT2D eigenvalue weighted by Gasteiger charge is -2.15. The lowest BCUT2D eigenvalue weighted by atomic mass is 10.2. The van der Waals surface area contributed by atoms with E-state index in [1.165, 1.54) is 12.3 Å². The molecule has 0 aromatic carbocycles. The fourth-order valence-electron chi connectivity index (χ4n) is 1.41. The van der Waals surface area contributed by atoms with Crippen molar-refractivity contribution in [2.75, 3.05) is 23.1 Å². The van der Waals surface area contributed by atoms with Crippen LogP contribution in [0.3, 0.4) is 0 Å². The van der Waals surface area contributed by atoms with Gasteiger partial charge in [0.05, 0.1) is 17.4 Å². The number of rotatable bonds is 5. The number of pyridine rings is 1. The standard InChI is InChI=1S/C10H16N4O2S/c1-6(5-17(2)16)14-10-8(9(12)15)3-7(11)4-13-10/h3-4,6H,5,11H2,1-2H3,(H2,12,15)(H,13,14). The number of nitrogens with two attached hydrogens (primary N) is 2. The number of carbonyl (C=O) groups excluding carboxylic acids is 1. The zero-order chi connectivity index (χ0) is 13.0. The van der Waals surface area contributed by atoms with Gasteiger partial charge in [0.2, 0.25) is 0 Å². The van der Waals surface area contributed by atoms with Crippen LogP contribution in [0.25, 0.3) is 0 Å². The van der Waals surface area contributed by atoms with Crippen LogP contribution in [0.15, 0.2) is 12.3 Å². The van der Waals surface area contributed by atoms with Gasteiger partial charge >= 0.3 is 0 Å². The zero-order valence-electron chi connectivity index (χ0n) is 9.77.